The molecule has 0 saturated carbocycles. The molecule has 8 nitrogen and oxygen atoms in total. The van der Waals surface area contributed by atoms with Crippen molar-refractivity contribution in [1.29, 1.82) is 0 Å². The van der Waals surface area contributed by atoms with Gasteiger partial charge in [0, 0.05) is 32.7 Å². The molecule has 4 rings (SSSR count). The highest BCUT2D eigenvalue weighted by molar-refractivity contribution is 7.89. The highest BCUT2D eigenvalue weighted by Crippen LogP contribution is 2.24. The second-order valence-corrected chi connectivity index (χ2v) is 10.9. The first-order valence-electron chi connectivity index (χ1n) is 11.8. The molecule has 2 aliphatic rings. The fourth-order valence-electron chi connectivity index (χ4n) is 4.58. The van der Waals surface area contributed by atoms with Gasteiger partial charge in [0.1, 0.15) is 5.76 Å². The van der Waals surface area contributed by atoms with Gasteiger partial charge in [-0.3, -0.25) is 14.6 Å². The van der Waals surface area contributed by atoms with Gasteiger partial charge in [-0.15, -0.1) is 0 Å². The Bertz CT molecular complexity index is 994. The van der Waals surface area contributed by atoms with Crippen LogP contribution in [0.5, 0.6) is 0 Å². The summed E-state index contributed by atoms with van der Waals surface area (Å²) in [5, 5.41) is 3.07. The van der Waals surface area contributed by atoms with E-state index in [1.807, 2.05) is 36.1 Å². The zero-order valence-corrected chi connectivity index (χ0v) is 20.1. The number of piperazine rings is 1. The molecule has 1 amide bonds. The van der Waals surface area contributed by atoms with Gasteiger partial charge in [-0.2, -0.15) is 4.31 Å². The Hall–Kier alpha value is -2.20. The van der Waals surface area contributed by atoms with Crippen molar-refractivity contribution in [2.75, 3.05) is 52.4 Å². The zero-order valence-electron chi connectivity index (χ0n) is 19.3. The number of hydrogen-bond donors (Lipinski definition) is 1. The predicted molar refractivity (Wildman–Crippen MR) is 126 cm³/mol. The third kappa shape index (κ3) is 6.03. The van der Waals surface area contributed by atoms with Crippen LogP contribution in [0.1, 0.15) is 36.6 Å². The number of likely N-dealkylation sites (tertiary alicyclic amines) is 1. The van der Waals surface area contributed by atoms with Gasteiger partial charge in [-0.05, 0) is 57.1 Å². The first-order chi connectivity index (χ1) is 15.9. The summed E-state index contributed by atoms with van der Waals surface area (Å²) >= 11 is 0. The van der Waals surface area contributed by atoms with Crippen LogP contribution in [0.3, 0.4) is 0 Å². The quantitative estimate of drug-likeness (QED) is 0.632. The molecule has 2 fully saturated rings. The smallest absolute Gasteiger partial charge is 0.243 e. The Morgan fingerprint density at radius 2 is 1.70 bits per heavy atom. The number of sulfonamides is 1. The van der Waals surface area contributed by atoms with Crippen LogP contribution in [-0.4, -0.2) is 80.8 Å². The summed E-state index contributed by atoms with van der Waals surface area (Å²) in [6.07, 6.45) is 5.26. The van der Waals surface area contributed by atoms with Gasteiger partial charge >= 0.3 is 0 Å². The zero-order chi connectivity index (χ0) is 23.3. The van der Waals surface area contributed by atoms with E-state index < -0.39 is 10.0 Å². The van der Waals surface area contributed by atoms with E-state index in [-0.39, 0.29) is 18.5 Å². The van der Waals surface area contributed by atoms with E-state index in [1.54, 1.807) is 18.4 Å². The number of benzene rings is 1. The van der Waals surface area contributed by atoms with Crippen LogP contribution in [-0.2, 0) is 14.8 Å². The molecule has 2 aliphatic heterocycles. The van der Waals surface area contributed by atoms with Crippen LogP contribution in [0.25, 0.3) is 0 Å². The van der Waals surface area contributed by atoms with E-state index in [4.69, 9.17) is 4.42 Å². The van der Waals surface area contributed by atoms with Crippen LogP contribution in [0.4, 0.5) is 0 Å². The number of hydrogen-bond acceptors (Lipinski definition) is 6. The molecule has 0 unspecified atom stereocenters. The van der Waals surface area contributed by atoms with Crippen LogP contribution in [0.15, 0.2) is 52.0 Å². The van der Waals surface area contributed by atoms with Crippen LogP contribution >= 0.6 is 0 Å². The van der Waals surface area contributed by atoms with Gasteiger partial charge < -0.3 is 9.73 Å². The van der Waals surface area contributed by atoms with Crippen molar-refractivity contribution in [3.05, 3.63) is 54.0 Å². The number of nitrogens with one attached hydrogen (secondary N) is 1. The second-order valence-electron chi connectivity index (χ2n) is 8.93. The molecule has 0 spiro atoms. The molecular formula is C24H34N4O4S. The molecule has 9 heteroatoms. The van der Waals surface area contributed by atoms with E-state index in [1.165, 1.54) is 23.6 Å². The van der Waals surface area contributed by atoms with Crippen molar-refractivity contribution in [1.82, 2.24) is 19.4 Å². The number of piperidine rings is 1. The first kappa shape index (κ1) is 23.9. The normalized spacial score (nSPS) is 19.9. The summed E-state index contributed by atoms with van der Waals surface area (Å²) in [7, 11) is -3.50. The summed E-state index contributed by atoms with van der Waals surface area (Å²) in [4.78, 5) is 17.4. The Morgan fingerprint density at radius 3 is 2.33 bits per heavy atom. The first-order valence-corrected chi connectivity index (χ1v) is 13.2. The van der Waals surface area contributed by atoms with Gasteiger partial charge in [0.25, 0.3) is 0 Å². The molecule has 1 atom stereocenters. The van der Waals surface area contributed by atoms with E-state index in [0.29, 0.717) is 37.6 Å². The van der Waals surface area contributed by atoms with Crippen molar-refractivity contribution in [3.63, 3.8) is 0 Å². The molecule has 180 valence electrons. The van der Waals surface area contributed by atoms with Crippen LogP contribution in [0, 0.1) is 6.92 Å². The minimum absolute atomic E-state index is 0.0424. The molecule has 1 aromatic heterocycles. The maximum Gasteiger partial charge on any atom is 0.243 e. The van der Waals surface area contributed by atoms with Crippen LogP contribution < -0.4 is 5.32 Å². The number of furan rings is 1. The lowest BCUT2D eigenvalue weighted by atomic mass is 10.1. The van der Waals surface area contributed by atoms with E-state index >= 15 is 0 Å². The molecule has 3 heterocycles. The minimum Gasteiger partial charge on any atom is -0.468 e. The van der Waals surface area contributed by atoms with Crippen molar-refractivity contribution < 1.29 is 17.6 Å². The van der Waals surface area contributed by atoms with Crippen molar-refractivity contribution in [2.24, 2.45) is 0 Å². The molecular weight excluding hydrogens is 440 g/mol. The Kier molecular flexibility index (Phi) is 7.85. The van der Waals surface area contributed by atoms with E-state index in [0.717, 1.165) is 24.4 Å². The lowest BCUT2D eigenvalue weighted by Crippen LogP contribution is -2.51. The highest BCUT2D eigenvalue weighted by Gasteiger charge is 2.29. The molecule has 0 bridgehead atoms. The lowest BCUT2D eigenvalue weighted by Gasteiger charge is -2.35. The molecule has 0 radical (unpaired) electrons. The number of nitrogens with zero attached hydrogens (tertiary/aromatic N) is 3. The molecule has 33 heavy (non-hydrogen) atoms. The second kappa shape index (κ2) is 10.8. The standard InChI is InChI=1S/C24H34N4O4S/c1-20-7-9-21(10-8-20)33(30,31)28-15-13-26(14-16-28)19-24(29)25-18-22(23-6-5-17-32-23)27-11-3-2-4-12-27/h5-10,17,22H,2-4,11-16,18-19H2,1H3,(H,25,29)/t22-/m1/s1. The minimum atomic E-state index is -3.50. The molecule has 1 N–H and O–H groups in total. The predicted octanol–water partition coefficient (Wildman–Crippen LogP) is 2.24. The Labute approximate surface area is 196 Å². The maximum atomic E-state index is 12.9. The van der Waals surface area contributed by atoms with Crippen molar-refractivity contribution in [3.8, 4) is 0 Å². The average Bonchev–Trinajstić information content (AvgIpc) is 3.35. The van der Waals surface area contributed by atoms with Crippen molar-refractivity contribution >= 4 is 15.9 Å². The summed E-state index contributed by atoms with van der Waals surface area (Å²) in [6.45, 7) is 6.56. The van der Waals surface area contributed by atoms with Crippen LogP contribution in [0.2, 0.25) is 0 Å². The van der Waals surface area contributed by atoms with Gasteiger partial charge in [0.15, 0.2) is 0 Å². The Balaban J connectivity index is 1.27. The largest absolute Gasteiger partial charge is 0.468 e. The molecule has 2 aromatic rings. The summed E-state index contributed by atoms with van der Waals surface area (Å²) in [5.41, 5.74) is 1.03. The highest BCUT2D eigenvalue weighted by atomic mass is 32.2. The lowest BCUT2D eigenvalue weighted by molar-refractivity contribution is -0.122. The Morgan fingerprint density at radius 1 is 1.00 bits per heavy atom. The van der Waals surface area contributed by atoms with E-state index in [9.17, 15) is 13.2 Å². The van der Waals surface area contributed by atoms with Gasteiger partial charge in [-0.1, -0.05) is 24.1 Å². The number of carbonyl (C=O) groups is 1. The molecule has 2 saturated heterocycles. The number of amides is 1. The number of rotatable bonds is 8. The average molecular weight is 475 g/mol. The summed E-state index contributed by atoms with van der Waals surface area (Å²) < 4.78 is 32.9. The topological polar surface area (TPSA) is 86.1 Å². The third-order valence-electron chi connectivity index (χ3n) is 6.55. The van der Waals surface area contributed by atoms with Crippen molar-refractivity contribution in [2.45, 2.75) is 37.1 Å². The number of aryl methyl sites for hydroxylation is 1. The maximum absolute atomic E-state index is 12.9. The fraction of sp³-hybridized carbons (Fsp3) is 0.542. The summed E-state index contributed by atoms with van der Waals surface area (Å²) in [5.74, 6) is 0.838. The number of carbonyl (C=O) groups excluding carboxylic acids is 1. The van der Waals surface area contributed by atoms with Gasteiger partial charge in [0.05, 0.1) is 23.7 Å². The summed E-state index contributed by atoms with van der Waals surface area (Å²) in [6, 6.07) is 10.8. The van der Waals surface area contributed by atoms with Gasteiger partial charge in [-0.25, -0.2) is 8.42 Å². The SMILES string of the molecule is Cc1ccc(S(=O)(=O)N2CCN(CC(=O)NC[C@H](c3ccco3)N3CCCCC3)CC2)cc1. The fourth-order valence-corrected chi connectivity index (χ4v) is 6.00. The molecule has 1 aromatic carbocycles. The van der Waals surface area contributed by atoms with Gasteiger partial charge in [0.2, 0.25) is 15.9 Å². The van der Waals surface area contributed by atoms with E-state index in [2.05, 4.69) is 10.2 Å². The molecule has 0 aliphatic carbocycles. The monoisotopic (exact) mass is 474 g/mol. The third-order valence-corrected chi connectivity index (χ3v) is 8.47.